The predicted octanol–water partition coefficient (Wildman–Crippen LogP) is 4.09. The van der Waals surface area contributed by atoms with Gasteiger partial charge >= 0.3 is 0 Å². The van der Waals surface area contributed by atoms with E-state index in [0.29, 0.717) is 15.2 Å². The first-order valence-corrected chi connectivity index (χ1v) is 7.94. The summed E-state index contributed by atoms with van der Waals surface area (Å²) >= 11 is 9.03. The molecule has 6 heteroatoms. The third kappa shape index (κ3) is 3.49. The van der Waals surface area contributed by atoms with Crippen LogP contribution in [-0.4, -0.2) is 8.42 Å². The first kappa shape index (κ1) is 14.4. The van der Waals surface area contributed by atoms with E-state index in [-0.39, 0.29) is 4.90 Å². The van der Waals surface area contributed by atoms with Crippen molar-refractivity contribution < 1.29 is 8.42 Å². The molecule has 0 aliphatic carbocycles. The lowest BCUT2D eigenvalue weighted by Crippen LogP contribution is -2.13. The molecule has 0 saturated carbocycles. The van der Waals surface area contributed by atoms with E-state index in [4.69, 9.17) is 11.6 Å². The van der Waals surface area contributed by atoms with Crippen LogP contribution in [0.3, 0.4) is 0 Å². The molecule has 2 rings (SSSR count). The lowest BCUT2D eigenvalue weighted by molar-refractivity contribution is 0.601. The summed E-state index contributed by atoms with van der Waals surface area (Å²) in [6.07, 6.45) is 0. The molecule has 3 nitrogen and oxygen atoms in total. The average molecular weight is 360 g/mol. The topological polar surface area (TPSA) is 46.2 Å². The second kappa shape index (κ2) is 5.53. The Bertz CT molecular complexity index is 699. The van der Waals surface area contributed by atoms with Crippen molar-refractivity contribution in [2.75, 3.05) is 4.72 Å². The third-order valence-corrected chi connectivity index (χ3v) is 5.00. The van der Waals surface area contributed by atoms with E-state index >= 15 is 0 Å². The van der Waals surface area contributed by atoms with E-state index in [1.165, 1.54) is 6.07 Å². The van der Waals surface area contributed by atoms with Crippen LogP contribution in [0, 0.1) is 6.92 Å². The van der Waals surface area contributed by atoms with Crippen molar-refractivity contribution >= 4 is 43.2 Å². The molecule has 0 heterocycles. The van der Waals surface area contributed by atoms with E-state index < -0.39 is 10.0 Å². The van der Waals surface area contributed by atoms with Crippen molar-refractivity contribution in [2.24, 2.45) is 0 Å². The Morgan fingerprint density at radius 3 is 2.37 bits per heavy atom. The molecule has 0 atom stereocenters. The van der Waals surface area contributed by atoms with Crippen LogP contribution in [-0.2, 0) is 10.0 Å². The van der Waals surface area contributed by atoms with Crippen LogP contribution in [0.5, 0.6) is 0 Å². The van der Waals surface area contributed by atoms with Crippen molar-refractivity contribution in [1.29, 1.82) is 0 Å². The molecule has 1 radical (unpaired) electrons. The summed E-state index contributed by atoms with van der Waals surface area (Å²) in [6, 6.07) is 11.4. The number of hydrogen-bond donors (Lipinski definition) is 1. The molecule has 0 saturated heterocycles. The number of sulfonamides is 1. The molecule has 0 aliphatic rings. The van der Waals surface area contributed by atoms with Gasteiger partial charge in [-0.3, -0.25) is 4.72 Å². The van der Waals surface area contributed by atoms with Gasteiger partial charge in [0.05, 0.1) is 0 Å². The first-order chi connectivity index (χ1) is 8.88. The van der Waals surface area contributed by atoms with Gasteiger partial charge in [0.1, 0.15) is 4.90 Å². The molecule has 99 valence electrons. The fourth-order valence-corrected chi connectivity index (χ4v) is 3.75. The van der Waals surface area contributed by atoms with Crippen LogP contribution in [0.15, 0.2) is 51.8 Å². The highest BCUT2D eigenvalue weighted by Crippen LogP contribution is 2.27. The molecule has 0 bridgehead atoms. The van der Waals surface area contributed by atoms with Crippen molar-refractivity contribution in [3.63, 3.8) is 0 Å². The Balaban J connectivity index is 2.37. The van der Waals surface area contributed by atoms with Gasteiger partial charge in [-0.05, 0) is 58.7 Å². The highest BCUT2D eigenvalue weighted by molar-refractivity contribution is 9.10. The normalized spacial score (nSPS) is 11.3. The van der Waals surface area contributed by atoms with Crippen molar-refractivity contribution in [3.8, 4) is 0 Å². The zero-order chi connectivity index (χ0) is 14.0. The Labute approximate surface area is 125 Å². The lowest BCUT2D eigenvalue weighted by atomic mass is 10.2. The van der Waals surface area contributed by atoms with Crippen LogP contribution in [0.2, 0.25) is 5.02 Å². The molecule has 0 amide bonds. The maximum Gasteiger partial charge on any atom is 0.263 e. The smallest absolute Gasteiger partial charge is 0.263 e. The molecule has 0 unspecified atom stereocenters. The van der Waals surface area contributed by atoms with E-state index in [9.17, 15) is 8.42 Å². The van der Waals surface area contributed by atoms with Gasteiger partial charge in [0.25, 0.3) is 10.0 Å². The number of halogens is 2. The summed E-state index contributed by atoms with van der Waals surface area (Å²) in [7, 11) is -3.68. The Morgan fingerprint density at radius 1 is 1.11 bits per heavy atom. The van der Waals surface area contributed by atoms with E-state index in [1.54, 1.807) is 36.4 Å². The molecule has 2 aromatic rings. The number of benzene rings is 2. The molecule has 19 heavy (non-hydrogen) atoms. The molecule has 1 N–H and O–H groups in total. The van der Waals surface area contributed by atoms with Gasteiger partial charge in [0.2, 0.25) is 0 Å². The van der Waals surface area contributed by atoms with E-state index in [1.807, 2.05) is 0 Å². The van der Waals surface area contributed by atoms with E-state index in [0.717, 1.165) is 5.56 Å². The van der Waals surface area contributed by atoms with E-state index in [2.05, 4.69) is 27.6 Å². The highest BCUT2D eigenvalue weighted by Gasteiger charge is 2.18. The molecule has 2 aromatic carbocycles. The van der Waals surface area contributed by atoms with Crippen LogP contribution in [0.1, 0.15) is 5.56 Å². The molecule has 0 spiro atoms. The van der Waals surface area contributed by atoms with Crippen LogP contribution < -0.4 is 4.72 Å². The van der Waals surface area contributed by atoms with Gasteiger partial charge < -0.3 is 0 Å². The summed E-state index contributed by atoms with van der Waals surface area (Å²) in [5.41, 5.74) is 1.28. The highest BCUT2D eigenvalue weighted by atomic mass is 79.9. The van der Waals surface area contributed by atoms with Gasteiger partial charge in [-0.25, -0.2) is 8.42 Å². The quantitative estimate of drug-likeness (QED) is 0.897. The number of nitrogens with one attached hydrogen (secondary N) is 1. The van der Waals surface area contributed by atoms with Gasteiger partial charge in [-0.2, -0.15) is 0 Å². The van der Waals surface area contributed by atoms with Crippen molar-refractivity contribution in [2.45, 2.75) is 4.90 Å². The number of rotatable bonds is 3. The summed E-state index contributed by atoms with van der Waals surface area (Å²) in [6.45, 7) is 3.74. The SMILES string of the molecule is [CH2]c1ccc(NS(=O)(=O)c2cc(Cl)ccc2Br)cc1. The Kier molecular flexibility index (Phi) is 4.18. The number of anilines is 1. The fraction of sp³-hybridized carbons (Fsp3) is 0. The molecule has 0 aliphatic heterocycles. The first-order valence-electron chi connectivity index (χ1n) is 5.28. The summed E-state index contributed by atoms with van der Waals surface area (Å²) in [5.74, 6) is 0. The van der Waals surface area contributed by atoms with Crippen molar-refractivity contribution in [3.05, 3.63) is 64.4 Å². The Morgan fingerprint density at radius 2 is 1.74 bits per heavy atom. The lowest BCUT2D eigenvalue weighted by Gasteiger charge is -2.10. The predicted molar refractivity (Wildman–Crippen MR) is 80.9 cm³/mol. The summed E-state index contributed by atoms with van der Waals surface area (Å²) < 4.78 is 27.4. The maximum atomic E-state index is 12.2. The second-order valence-corrected chi connectivity index (χ2v) is 6.82. The van der Waals surface area contributed by atoms with Gasteiger partial charge in [0, 0.05) is 15.2 Å². The minimum absolute atomic E-state index is 0.0960. The van der Waals surface area contributed by atoms with Gasteiger partial charge in [0.15, 0.2) is 0 Å². The largest absolute Gasteiger partial charge is 0.280 e. The minimum Gasteiger partial charge on any atom is -0.280 e. The average Bonchev–Trinajstić information content (AvgIpc) is 2.35. The van der Waals surface area contributed by atoms with Crippen LogP contribution in [0.25, 0.3) is 0 Å². The van der Waals surface area contributed by atoms with Crippen LogP contribution >= 0.6 is 27.5 Å². The standard InChI is InChI=1S/C13H10BrClNO2S/c1-9-2-5-11(6-3-9)16-19(17,18)13-8-10(15)4-7-12(13)14/h2-8,16H,1H2. The fourth-order valence-electron chi connectivity index (χ4n) is 1.47. The molecule has 0 aromatic heterocycles. The molecular weight excluding hydrogens is 350 g/mol. The van der Waals surface area contributed by atoms with Gasteiger partial charge in [-0.15, -0.1) is 0 Å². The van der Waals surface area contributed by atoms with Crippen LogP contribution in [0.4, 0.5) is 5.69 Å². The zero-order valence-corrected chi connectivity index (χ0v) is 12.9. The third-order valence-electron chi connectivity index (χ3n) is 2.39. The maximum absolute atomic E-state index is 12.2. The number of hydrogen-bond acceptors (Lipinski definition) is 2. The monoisotopic (exact) mass is 358 g/mol. The molecule has 0 fully saturated rings. The van der Waals surface area contributed by atoms with Gasteiger partial charge in [-0.1, -0.05) is 23.7 Å². The zero-order valence-electron chi connectivity index (χ0n) is 9.73. The molecular formula is C13H10BrClNO2S. The Hall–Kier alpha value is -1.04. The second-order valence-electron chi connectivity index (χ2n) is 3.88. The summed E-state index contributed by atoms with van der Waals surface area (Å²) in [5, 5.41) is 0.358. The minimum atomic E-state index is -3.68. The summed E-state index contributed by atoms with van der Waals surface area (Å²) in [4.78, 5) is 0.0960. The van der Waals surface area contributed by atoms with Crippen molar-refractivity contribution in [1.82, 2.24) is 0 Å².